The number of carbonyl (C=O) groups is 2. The van der Waals surface area contributed by atoms with Crippen LogP contribution in [0.1, 0.15) is 58.4 Å². The predicted octanol–water partition coefficient (Wildman–Crippen LogP) is 4.10. The summed E-state index contributed by atoms with van der Waals surface area (Å²) < 4.78 is 51.9. The van der Waals surface area contributed by atoms with E-state index in [1.807, 2.05) is 46.0 Å². The summed E-state index contributed by atoms with van der Waals surface area (Å²) in [4.78, 5) is 29.8. The number of nitrogens with zero attached hydrogens (tertiary/aromatic N) is 3. The van der Waals surface area contributed by atoms with E-state index in [9.17, 15) is 27.5 Å². The monoisotopic (exact) mass is 678 g/mol. The van der Waals surface area contributed by atoms with Gasteiger partial charge in [0.25, 0.3) is 0 Å². The van der Waals surface area contributed by atoms with Gasteiger partial charge in [-0.25, -0.2) is 21.9 Å². The maximum atomic E-state index is 14.8. The molecule has 2 fully saturated rings. The number of hydrogen-bond acceptors (Lipinski definition) is 9. The van der Waals surface area contributed by atoms with Gasteiger partial charge in [0.1, 0.15) is 18.0 Å². The number of ether oxygens (including phenoxy) is 2. The maximum Gasteiger partial charge on any atom is 0.410 e. The normalized spacial score (nSPS) is 28.9. The third kappa shape index (κ3) is 11.0. The van der Waals surface area contributed by atoms with Crippen LogP contribution in [-0.4, -0.2) is 117 Å². The minimum atomic E-state index is -3.24. The van der Waals surface area contributed by atoms with Crippen molar-refractivity contribution in [3.05, 3.63) is 47.3 Å². The van der Waals surface area contributed by atoms with Crippen LogP contribution in [0.4, 0.5) is 14.9 Å². The van der Waals surface area contributed by atoms with E-state index >= 15 is 0 Å². The van der Waals surface area contributed by atoms with Gasteiger partial charge in [-0.2, -0.15) is 0 Å². The molecule has 0 radical (unpaired) electrons. The second kappa shape index (κ2) is 16.4. The van der Waals surface area contributed by atoms with Gasteiger partial charge in [-0.15, -0.1) is 0 Å². The number of halogens is 1. The molecule has 2 saturated heterocycles. The number of esters is 1. The zero-order valence-electron chi connectivity index (χ0n) is 28.2. The highest BCUT2D eigenvalue weighted by atomic mass is 32.2. The zero-order chi connectivity index (χ0) is 34.3. The Morgan fingerprint density at radius 3 is 2.38 bits per heavy atom. The number of aliphatic hydroxyl groups excluding tert-OH is 1. The van der Waals surface area contributed by atoms with Gasteiger partial charge in [0.05, 0.1) is 18.8 Å². The lowest BCUT2D eigenvalue weighted by Crippen LogP contribution is -2.48. The van der Waals surface area contributed by atoms with Crippen LogP contribution in [0.25, 0.3) is 6.08 Å². The number of sulfonamides is 1. The first-order valence-electron chi connectivity index (χ1n) is 16.6. The van der Waals surface area contributed by atoms with Crippen molar-refractivity contribution in [3.8, 4) is 0 Å². The summed E-state index contributed by atoms with van der Waals surface area (Å²) in [5, 5.41) is 14.0. The summed E-state index contributed by atoms with van der Waals surface area (Å²) in [6.07, 6.45) is 6.18. The van der Waals surface area contributed by atoms with E-state index in [2.05, 4.69) is 10.2 Å². The lowest BCUT2D eigenvalue weighted by atomic mass is 9.91. The molecule has 11 nitrogen and oxygen atoms in total. The van der Waals surface area contributed by atoms with Gasteiger partial charge in [-0.3, -0.25) is 4.79 Å². The molecular weight excluding hydrogens is 627 g/mol. The van der Waals surface area contributed by atoms with Gasteiger partial charge in [-0.1, -0.05) is 26.0 Å². The largest absolute Gasteiger partial charge is 0.457 e. The molecule has 0 aromatic heterocycles. The average Bonchev–Trinajstić information content (AvgIpc) is 2.99. The van der Waals surface area contributed by atoms with Crippen molar-refractivity contribution >= 4 is 33.8 Å². The topological polar surface area (TPSA) is 129 Å². The maximum absolute atomic E-state index is 14.8. The van der Waals surface area contributed by atoms with Gasteiger partial charge in [-0.05, 0) is 81.0 Å². The Labute approximate surface area is 278 Å². The molecule has 13 heteroatoms. The molecule has 3 aliphatic heterocycles. The molecule has 262 valence electrons. The first kappa shape index (κ1) is 36.8. The number of rotatable bonds is 6. The van der Waals surface area contributed by atoms with E-state index < -0.39 is 40.1 Å². The predicted molar refractivity (Wildman–Crippen MR) is 180 cm³/mol. The molecule has 1 aromatic rings. The quantitative estimate of drug-likeness (QED) is 0.338. The van der Waals surface area contributed by atoms with Crippen LogP contribution < -0.4 is 5.32 Å². The first-order chi connectivity index (χ1) is 22.2. The number of nitrogens with one attached hydrogen (secondary N) is 1. The Kier molecular flexibility index (Phi) is 12.9. The smallest absolute Gasteiger partial charge is 0.410 e. The number of carbonyl (C=O) groups excluding carboxylic acids is 2. The molecule has 1 aromatic carbocycles. The molecule has 0 unspecified atom stereocenters. The molecule has 0 saturated carbocycles. The summed E-state index contributed by atoms with van der Waals surface area (Å²) in [6, 6.07) is 4.62. The Hall–Kier alpha value is -3.00. The van der Waals surface area contributed by atoms with Crippen LogP contribution >= 0.6 is 0 Å². The molecule has 3 aliphatic rings. The molecule has 0 spiro atoms. The molecular formula is C34H51FN4O7S. The van der Waals surface area contributed by atoms with E-state index in [4.69, 9.17) is 9.47 Å². The van der Waals surface area contributed by atoms with Crippen molar-refractivity contribution in [2.24, 2.45) is 11.8 Å². The van der Waals surface area contributed by atoms with Crippen LogP contribution in [0.5, 0.6) is 0 Å². The fraction of sp³-hybridized carbons (Fsp3) is 0.647. The highest BCUT2D eigenvalue weighted by Gasteiger charge is 2.29. The van der Waals surface area contributed by atoms with Gasteiger partial charge in [0.15, 0.2) is 0 Å². The summed E-state index contributed by atoms with van der Waals surface area (Å²) in [6.45, 7) is 9.24. The molecule has 1 amide bonds. The third-order valence-electron chi connectivity index (χ3n) is 9.31. The van der Waals surface area contributed by atoms with E-state index in [0.29, 0.717) is 68.7 Å². The minimum Gasteiger partial charge on any atom is -0.457 e. The SMILES string of the molecule is C/C(=C\c1cc(F)cc(NC2CCN(S(C)(=O)=O)CC2)c1)[C@H]1OC(=O)C[C@H](O)CC[C@H](C)[C@@H](OC(=O)N2CCN(C)CC2)/C=C/[C@@H]1C. The Balaban J connectivity index is 1.51. The number of hydrogen-bond donors (Lipinski definition) is 2. The lowest BCUT2D eigenvalue weighted by Gasteiger charge is -2.33. The highest BCUT2D eigenvalue weighted by Crippen LogP contribution is 2.27. The number of piperazine rings is 1. The van der Waals surface area contributed by atoms with Crippen molar-refractivity contribution < 1.29 is 37.0 Å². The van der Waals surface area contributed by atoms with E-state index in [1.54, 1.807) is 11.0 Å². The second-order valence-electron chi connectivity index (χ2n) is 13.4. The summed E-state index contributed by atoms with van der Waals surface area (Å²) in [5.74, 6) is -1.38. The molecule has 2 N–H and O–H groups in total. The third-order valence-corrected chi connectivity index (χ3v) is 10.6. The average molecular weight is 679 g/mol. The summed E-state index contributed by atoms with van der Waals surface area (Å²) in [5.41, 5.74) is 1.83. The van der Waals surface area contributed by atoms with Crippen molar-refractivity contribution in [2.45, 2.75) is 77.2 Å². The fourth-order valence-corrected chi connectivity index (χ4v) is 7.20. The minimum absolute atomic E-state index is 0.00253. The molecule has 47 heavy (non-hydrogen) atoms. The summed E-state index contributed by atoms with van der Waals surface area (Å²) >= 11 is 0. The number of benzene rings is 1. The Morgan fingerprint density at radius 2 is 1.72 bits per heavy atom. The van der Waals surface area contributed by atoms with Crippen molar-refractivity contribution in [1.29, 1.82) is 0 Å². The van der Waals surface area contributed by atoms with Crippen LogP contribution in [-0.2, 0) is 24.3 Å². The van der Waals surface area contributed by atoms with E-state index in [-0.39, 0.29) is 30.4 Å². The number of anilines is 1. The van der Waals surface area contributed by atoms with E-state index in [1.165, 1.54) is 22.7 Å². The fourth-order valence-electron chi connectivity index (χ4n) is 6.32. The molecule has 3 heterocycles. The summed E-state index contributed by atoms with van der Waals surface area (Å²) in [7, 11) is -1.22. The van der Waals surface area contributed by atoms with Gasteiger partial charge in [0.2, 0.25) is 10.0 Å². The highest BCUT2D eigenvalue weighted by molar-refractivity contribution is 7.88. The van der Waals surface area contributed by atoms with Crippen LogP contribution in [0.2, 0.25) is 0 Å². The number of cyclic esters (lactones) is 1. The van der Waals surface area contributed by atoms with Crippen molar-refractivity contribution in [2.75, 3.05) is 57.9 Å². The number of aliphatic hydroxyl groups is 1. The molecule has 4 rings (SSSR count). The Morgan fingerprint density at radius 1 is 1.04 bits per heavy atom. The number of likely N-dealkylation sites (N-methyl/N-ethyl adjacent to an activating group) is 1. The van der Waals surface area contributed by atoms with Crippen molar-refractivity contribution in [3.63, 3.8) is 0 Å². The van der Waals surface area contributed by atoms with Crippen LogP contribution in [0, 0.1) is 17.7 Å². The standard InChI is InChI=1S/C34H51FN4O7S/c1-23-6-8-30(40)22-32(41)46-33(24(2)7-9-31(23)45-34(42)38-16-14-37(4)15-17-38)25(3)18-26-19-27(35)21-29(20-26)36-28-10-12-39(13-11-28)47(5,43)44/h7,9,18-21,23-24,28,30-31,33,36,40H,6,8,10-17,22H2,1-5H3/b9-7+,25-18+/t23-,24-,30+,31-,33-/m0/s1. The van der Waals surface area contributed by atoms with Gasteiger partial charge in [0, 0.05) is 56.9 Å². The van der Waals surface area contributed by atoms with Gasteiger partial charge < -0.3 is 29.7 Å². The van der Waals surface area contributed by atoms with Crippen LogP contribution in [0.15, 0.2) is 35.9 Å². The molecule has 0 bridgehead atoms. The second-order valence-corrected chi connectivity index (χ2v) is 15.4. The van der Waals surface area contributed by atoms with E-state index in [0.717, 1.165) is 13.1 Å². The number of piperidine rings is 1. The van der Waals surface area contributed by atoms with Gasteiger partial charge >= 0.3 is 12.1 Å². The van der Waals surface area contributed by atoms with Crippen molar-refractivity contribution in [1.82, 2.24) is 14.1 Å². The molecule has 0 aliphatic carbocycles. The lowest BCUT2D eigenvalue weighted by molar-refractivity contribution is -0.151. The molecule has 5 atom stereocenters. The number of amides is 1. The first-order valence-corrected chi connectivity index (χ1v) is 18.4. The zero-order valence-corrected chi connectivity index (χ0v) is 29.0. The van der Waals surface area contributed by atoms with Crippen LogP contribution in [0.3, 0.4) is 0 Å². The Bertz CT molecular complexity index is 1400.